The maximum atomic E-state index is 12.1. The van der Waals surface area contributed by atoms with Crippen LogP contribution in [-0.4, -0.2) is 21.0 Å². The van der Waals surface area contributed by atoms with Gasteiger partial charge in [0.25, 0.3) is 5.91 Å². The minimum atomic E-state index is -0.647. The Kier molecular flexibility index (Phi) is 3.84. The molecule has 1 aromatic carbocycles. The number of H-pyrrole nitrogens is 1. The number of hydrogen-bond donors (Lipinski definition) is 2. The number of nitro groups is 1. The van der Waals surface area contributed by atoms with Gasteiger partial charge >= 0.3 is 5.82 Å². The zero-order chi connectivity index (χ0) is 14.9. The van der Waals surface area contributed by atoms with Gasteiger partial charge in [-0.15, -0.1) is 5.10 Å². The fourth-order valence-corrected chi connectivity index (χ4v) is 2.14. The van der Waals surface area contributed by atoms with Crippen LogP contribution in [0.4, 0.5) is 11.5 Å². The number of nitrogens with one attached hydrogen (secondary N) is 2. The Labute approximate surface area is 122 Å². The summed E-state index contributed by atoms with van der Waals surface area (Å²) in [5.41, 5.74) is 2.48. The van der Waals surface area contributed by atoms with Gasteiger partial charge in [0.05, 0.1) is 0 Å². The lowest BCUT2D eigenvalue weighted by Gasteiger charge is -2.07. The van der Waals surface area contributed by atoms with Gasteiger partial charge in [0.15, 0.2) is 5.69 Å². The average Bonchev–Trinajstić information content (AvgIpc) is 2.76. The van der Waals surface area contributed by atoms with E-state index in [-0.39, 0.29) is 16.0 Å². The third-order valence-corrected chi connectivity index (χ3v) is 3.48. The van der Waals surface area contributed by atoms with Crippen molar-refractivity contribution < 1.29 is 9.72 Å². The summed E-state index contributed by atoms with van der Waals surface area (Å²) in [4.78, 5) is 22.1. The van der Waals surface area contributed by atoms with Gasteiger partial charge in [0.2, 0.25) is 0 Å². The quantitative estimate of drug-likeness (QED) is 0.663. The molecule has 0 aliphatic carbocycles. The van der Waals surface area contributed by atoms with Gasteiger partial charge in [-0.05, 0) is 51.9 Å². The fourth-order valence-electron chi connectivity index (χ4n) is 1.64. The van der Waals surface area contributed by atoms with Crippen molar-refractivity contribution in [1.29, 1.82) is 0 Å². The molecule has 1 heterocycles. The highest BCUT2D eigenvalue weighted by Crippen LogP contribution is 2.26. The van der Waals surface area contributed by atoms with E-state index in [1.54, 1.807) is 0 Å². The maximum absolute atomic E-state index is 12.1. The highest BCUT2D eigenvalue weighted by Gasteiger charge is 2.24. The van der Waals surface area contributed by atoms with Crippen LogP contribution in [0.5, 0.6) is 0 Å². The van der Waals surface area contributed by atoms with Crippen LogP contribution >= 0.6 is 15.9 Å². The zero-order valence-electron chi connectivity index (χ0n) is 10.7. The molecule has 0 aliphatic heterocycles. The van der Waals surface area contributed by atoms with Crippen LogP contribution in [0.25, 0.3) is 0 Å². The SMILES string of the molecule is Cc1ccc(C)c(NC(=O)c2n[nH]c([N+](=O)[O-])c2Br)c1. The molecule has 1 aromatic heterocycles. The van der Waals surface area contributed by atoms with Gasteiger partial charge in [0.1, 0.15) is 4.47 Å². The van der Waals surface area contributed by atoms with E-state index in [1.807, 2.05) is 32.0 Å². The number of rotatable bonds is 3. The first-order chi connectivity index (χ1) is 9.40. The molecule has 2 rings (SSSR count). The molecule has 0 saturated carbocycles. The molecule has 7 nitrogen and oxygen atoms in total. The number of nitrogens with zero attached hydrogens (tertiary/aromatic N) is 2. The van der Waals surface area contributed by atoms with Crippen molar-refractivity contribution in [1.82, 2.24) is 10.2 Å². The monoisotopic (exact) mass is 338 g/mol. The number of aryl methyl sites for hydroxylation is 2. The Morgan fingerprint density at radius 2 is 2.15 bits per heavy atom. The number of benzene rings is 1. The Bertz CT molecular complexity index is 696. The predicted molar refractivity (Wildman–Crippen MR) is 76.8 cm³/mol. The third-order valence-electron chi connectivity index (χ3n) is 2.73. The molecule has 8 heteroatoms. The molecule has 104 valence electrons. The van der Waals surface area contributed by atoms with Crippen molar-refractivity contribution in [2.24, 2.45) is 0 Å². The van der Waals surface area contributed by atoms with Crippen molar-refractivity contribution in [3.8, 4) is 0 Å². The highest BCUT2D eigenvalue weighted by atomic mass is 79.9. The Morgan fingerprint density at radius 1 is 1.45 bits per heavy atom. The van der Waals surface area contributed by atoms with Gasteiger partial charge in [0, 0.05) is 5.69 Å². The second-order valence-corrected chi connectivity index (χ2v) is 5.06. The summed E-state index contributed by atoms with van der Waals surface area (Å²) in [6.45, 7) is 3.77. The highest BCUT2D eigenvalue weighted by molar-refractivity contribution is 9.10. The number of amides is 1. The number of aromatic amines is 1. The second-order valence-electron chi connectivity index (χ2n) is 4.26. The number of carbonyl (C=O) groups is 1. The fraction of sp³-hybridized carbons (Fsp3) is 0.167. The minimum absolute atomic E-state index is 0.0327. The molecular weight excluding hydrogens is 328 g/mol. The molecule has 0 bridgehead atoms. The van der Waals surface area contributed by atoms with Crippen molar-refractivity contribution in [2.45, 2.75) is 13.8 Å². The van der Waals surface area contributed by atoms with E-state index in [0.29, 0.717) is 5.69 Å². The summed E-state index contributed by atoms with van der Waals surface area (Å²) < 4.78 is 0.0327. The van der Waals surface area contributed by atoms with Gasteiger partial charge in [-0.2, -0.15) is 0 Å². The summed E-state index contributed by atoms with van der Waals surface area (Å²) in [5, 5.41) is 19.2. The van der Waals surface area contributed by atoms with Crippen LogP contribution < -0.4 is 5.32 Å². The minimum Gasteiger partial charge on any atom is -0.358 e. The average molecular weight is 339 g/mol. The van der Waals surface area contributed by atoms with Crippen LogP contribution in [0.3, 0.4) is 0 Å². The molecule has 1 amide bonds. The van der Waals surface area contributed by atoms with Crippen LogP contribution in [0.1, 0.15) is 21.6 Å². The van der Waals surface area contributed by atoms with Crippen molar-refractivity contribution in [2.75, 3.05) is 5.32 Å². The van der Waals surface area contributed by atoms with E-state index in [0.717, 1.165) is 11.1 Å². The molecule has 0 atom stereocenters. The third kappa shape index (κ3) is 2.69. The Hall–Kier alpha value is -2.22. The summed E-state index contributed by atoms with van der Waals surface area (Å²) >= 11 is 3.00. The predicted octanol–water partition coefficient (Wildman–Crippen LogP) is 2.95. The zero-order valence-corrected chi connectivity index (χ0v) is 12.3. The van der Waals surface area contributed by atoms with Crippen molar-refractivity contribution >= 4 is 33.3 Å². The molecule has 0 saturated heterocycles. The smallest absolute Gasteiger partial charge is 0.357 e. The molecule has 0 radical (unpaired) electrons. The molecule has 2 N–H and O–H groups in total. The summed E-state index contributed by atoms with van der Waals surface area (Å²) in [6, 6.07) is 5.63. The van der Waals surface area contributed by atoms with Gasteiger partial charge in [-0.25, -0.2) is 0 Å². The first kappa shape index (κ1) is 14.2. The molecule has 0 spiro atoms. The molecule has 0 aliphatic rings. The summed E-state index contributed by atoms with van der Waals surface area (Å²) in [6.07, 6.45) is 0. The number of hydrogen-bond acceptors (Lipinski definition) is 4. The lowest BCUT2D eigenvalue weighted by atomic mass is 10.1. The largest absolute Gasteiger partial charge is 0.358 e. The van der Waals surface area contributed by atoms with E-state index in [2.05, 4.69) is 31.4 Å². The number of anilines is 1. The number of aromatic nitrogens is 2. The molecule has 2 aromatic rings. The van der Waals surface area contributed by atoms with E-state index < -0.39 is 10.8 Å². The van der Waals surface area contributed by atoms with E-state index in [9.17, 15) is 14.9 Å². The van der Waals surface area contributed by atoms with Crippen LogP contribution in [0, 0.1) is 24.0 Å². The van der Waals surface area contributed by atoms with Crippen LogP contribution in [-0.2, 0) is 0 Å². The normalized spacial score (nSPS) is 10.3. The van der Waals surface area contributed by atoms with E-state index in [4.69, 9.17) is 0 Å². The van der Waals surface area contributed by atoms with E-state index in [1.165, 1.54) is 0 Å². The summed E-state index contributed by atoms with van der Waals surface area (Å²) in [7, 11) is 0. The Balaban J connectivity index is 2.29. The maximum Gasteiger partial charge on any atom is 0.357 e. The molecule has 20 heavy (non-hydrogen) atoms. The number of carbonyl (C=O) groups excluding carboxylic acids is 1. The van der Waals surface area contributed by atoms with Crippen LogP contribution in [0.2, 0.25) is 0 Å². The summed E-state index contributed by atoms with van der Waals surface area (Å²) in [5.74, 6) is -0.869. The molecule has 0 fully saturated rings. The van der Waals surface area contributed by atoms with Gasteiger partial charge in [-0.3, -0.25) is 4.79 Å². The van der Waals surface area contributed by atoms with Crippen LogP contribution in [0.15, 0.2) is 22.7 Å². The second kappa shape index (κ2) is 5.41. The Morgan fingerprint density at radius 3 is 2.75 bits per heavy atom. The lowest BCUT2D eigenvalue weighted by Crippen LogP contribution is -2.14. The number of halogens is 1. The lowest BCUT2D eigenvalue weighted by molar-refractivity contribution is -0.390. The molecular formula is C12H11BrN4O3. The topological polar surface area (TPSA) is 101 Å². The van der Waals surface area contributed by atoms with Crippen molar-refractivity contribution in [3.63, 3.8) is 0 Å². The first-order valence-corrected chi connectivity index (χ1v) is 6.46. The van der Waals surface area contributed by atoms with Gasteiger partial charge < -0.3 is 15.4 Å². The van der Waals surface area contributed by atoms with Gasteiger partial charge in [-0.1, -0.05) is 17.2 Å². The van der Waals surface area contributed by atoms with E-state index >= 15 is 0 Å². The molecule has 0 unspecified atom stereocenters. The van der Waals surface area contributed by atoms with Crippen molar-refractivity contribution in [3.05, 3.63) is 49.6 Å². The standard InChI is InChI=1S/C12H11BrN4O3/c1-6-3-4-7(2)8(5-6)14-12(18)10-9(13)11(16-15-10)17(19)20/h3-5H,1-2H3,(H,14,18)(H,15,16). The first-order valence-electron chi connectivity index (χ1n) is 5.67.